The molecule has 0 spiro atoms. The molecule has 20 heavy (non-hydrogen) atoms. The summed E-state index contributed by atoms with van der Waals surface area (Å²) in [6.45, 7) is 0. The highest BCUT2D eigenvalue weighted by molar-refractivity contribution is 8.13. The Morgan fingerprint density at radius 3 is 2.95 bits per heavy atom. The summed E-state index contributed by atoms with van der Waals surface area (Å²) in [5.74, 6) is 0.388. The summed E-state index contributed by atoms with van der Waals surface area (Å²) >= 11 is 1.56. The summed E-state index contributed by atoms with van der Waals surface area (Å²) in [4.78, 5) is 4.64. The highest BCUT2D eigenvalue weighted by atomic mass is 32.2. The Morgan fingerprint density at radius 2 is 2.15 bits per heavy atom. The molecule has 108 valence electrons. The fourth-order valence-electron chi connectivity index (χ4n) is 3.39. The zero-order valence-electron chi connectivity index (χ0n) is 11.2. The van der Waals surface area contributed by atoms with Crippen molar-refractivity contribution in [3.63, 3.8) is 0 Å². The van der Waals surface area contributed by atoms with Gasteiger partial charge in [0.05, 0.1) is 5.54 Å². The van der Waals surface area contributed by atoms with Gasteiger partial charge < -0.3 is 5.73 Å². The molecule has 0 saturated heterocycles. The Bertz CT molecular complexity index is 547. The predicted octanol–water partition coefficient (Wildman–Crippen LogP) is 3.80. The Hall–Kier alpha value is -1.10. The molecule has 2 nitrogen and oxygen atoms in total. The van der Waals surface area contributed by atoms with Gasteiger partial charge in [-0.3, -0.25) is 4.99 Å². The van der Waals surface area contributed by atoms with Gasteiger partial charge in [0.1, 0.15) is 11.6 Å². The molecular formula is C15H18F2N2S. The van der Waals surface area contributed by atoms with E-state index in [2.05, 4.69) is 4.99 Å². The molecule has 1 saturated carbocycles. The fraction of sp³-hybridized carbons (Fsp3) is 0.533. The maximum atomic E-state index is 14.3. The molecule has 1 heterocycles. The Morgan fingerprint density at radius 1 is 1.30 bits per heavy atom. The Labute approximate surface area is 121 Å². The van der Waals surface area contributed by atoms with E-state index in [0.717, 1.165) is 43.9 Å². The van der Waals surface area contributed by atoms with Crippen LogP contribution >= 0.6 is 11.8 Å². The molecule has 2 N–H and O–H groups in total. The van der Waals surface area contributed by atoms with Crippen LogP contribution in [0.2, 0.25) is 0 Å². The SMILES string of the molecule is NC1=N[C@@]2(c3ccc(F)cc3F)CCCC[C@H](CS1)C2. The van der Waals surface area contributed by atoms with Crippen molar-refractivity contribution >= 4 is 16.9 Å². The number of hydrogen-bond acceptors (Lipinski definition) is 3. The number of thioether (sulfide) groups is 1. The van der Waals surface area contributed by atoms with Crippen LogP contribution in [0.4, 0.5) is 8.78 Å². The molecule has 5 heteroatoms. The molecule has 2 bridgehead atoms. The number of amidine groups is 1. The fourth-order valence-corrected chi connectivity index (χ4v) is 4.32. The first kappa shape index (κ1) is 13.9. The van der Waals surface area contributed by atoms with Crippen molar-refractivity contribution in [3.8, 4) is 0 Å². The molecule has 1 aliphatic heterocycles. The Balaban J connectivity index is 2.11. The molecule has 1 aromatic rings. The van der Waals surface area contributed by atoms with Crippen LogP contribution in [0.25, 0.3) is 0 Å². The summed E-state index contributed by atoms with van der Waals surface area (Å²) in [5, 5.41) is 0.526. The van der Waals surface area contributed by atoms with E-state index >= 15 is 0 Å². The minimum Gasteiger partial charge on any atom is -0.379 e. The van der Waals surface area contributed by atoms with Crippen LogP contribution in [0.5, 0.6) is 0 Å². The molecule has 1 aromatic carbocycles. The van der Waals surface area contributed by atoms with Crippen LogP contribution in [-0.2, 0) is 5.54 Å². The van der Waals surface area contributed by atoms with Crippen molar-refractivity contribution in [3.05, 3.63) is 35.4 Å². The first-order chi connectivity index (χ1) is 9.59. The second-order valence-electron chi connectivity index (χ2n) is 5.73. The van der Waals surface area contributed by atoms with Crippen LogP contribution in [0, 0.1) is 17.6 Å². The second kappa shape index (κ2) is 5.35. The summed E-state index contributed by atoms with van der Waals surface area (Å²) in [6, 6.07) is 3.81. The monoisotopic (exact) mass is 296 g/mol. The van der Waals surface area contributed by atoms with Gasteiger partial charge in [0, 0.05) is 17.4 Å². The number of aliphatic imine (C=N–C) groups is 1. The van der Waals surface area contributed by atoms with Crippen LogP contribution in [0.1, 0.15) is 37.7 Å². The molecule has 2 aliphatic rings. The lowest BCUT2D eigenvalue weighted by Crippen LogP contribution is -2.28. The summed E-state index contributed by atoms with van der Waals surface area (Å²) in [5.41, 5.74) is 5.85. The van der Waals surface area contributed by atoms with E-state index in [-0.39, 0.29) is 0 Å². The third kappa shape index (κ3) is 2.55. The molecule has 0 aromatic heterocycles. The lowest BCUT2D eigenvalue weighted by atomic mass is 9.80. The molecule has 0 radical (unpaired) electrons. The third-order valence-corrected chi connectivity index (χ3v) is 5.33. The van der Waals surface area contributed by atoms with Gasteiger partial charge in [-0.1, -0.05) is 30.7 Å². The van der Waals surface area contributed by atoms with Gasteiger partial charge in [-0.15, -0.1) is 0 Å². The first-order valence-electron chi connectivity index (χ1n) is 7.03. The predicted molar refractivity (Wildman–Crippen MR) is 78.7 cm³/mol. The van der Waals surface area contributed by atoms with E-state index < -0.39 is 17.2 Å². The van der Waals surface area contributed by atoms with Crippen LogP contribution < -0.4 is 5.73 Å². The lowest BCUT2D eigenvalue weighted by molar-refractivity contribution is 0.334. The van der Waals surface area contributed by atoms with Gasteiger partial charge in [-0.2, -0.15) is 0 Å². The van der Waals surface area contributed by atoms with E-state index in [4.69, 9.17) is 5.73 Å². The number of nitrogens with zero attached hydrogens (tertiary/aromatic N) is 1. The largest absolute Gasteiger partial charge is 0.379 e. The van der Waals surface area contributed by atoms with Crippen LogP contribution in [-0.4, -0.2) is 10.9 Å². The van der Waals surface area contributed by atoms with Crippen molar-refractivity contribution in [1.29, 1.82) is 0 Å². The molecule has 0 amide bonds. The highest BCUT2D eigenvalue weighted by Crippen LogP contribution is 2.45. The molecule has 2 atom stereocenters. The van der Waals surface area contributed by atoms with Crippen molar-refractivity contribution in [2.24, 2.45) is 16.6 Å². The molecule has 1 aliphatic carbocycles. The van der Waals surface area contributed by atoms with Gasteiger partial charge in [0.15, 0.2) is 5.17 Å². The third-order valence-electron chi connectivity index (χ3n) is 4.30. The Kier molecular flexibility index (Phi) is 3.71. The van der Waals surface area contributed by atoms with Gasteiger partial charge in [0.25, 0.3) is 0 Å². The second-order valence-corrected chi connectivity index (χ2v) is 6.77. The minimum atomic E-state index is -0.605. The van der Waals surface area contributed by atoms with Crippen LogP contribution in [0.3, 0.4) is 0 Å². The van der Waals surface area contributed by atoms with Crippen molar-refractivity contribution in [2.75, 3.05) is 5.75 Å². The quantitative estimate of drug-likeness (QED) is 0.856. The van der Waals surface area contributed by atoms with Gasteiger partial charge in [-0.05, 0) is 31.2 Å². The van der Waals surface area contributed by atoms with E-state index in [1.165, 1.54) is 6.07 Å². The molecule has 3 rings (SSSR count). The molecular weight excluding hydrogens is 278 g/mol. The lowest BCUT2D eigenvalue weighted by Gasteiger charge is -2.30. The number of rotatable bonds is 1. The van der Waals surface area contributed by atoms with Gasteiger partial charge in [-0.25, -0.2) is 8.78 Å². The van der Waals surface area contributed by atoms with E-state index in [1.54, 1.807) is 17.8 Å². The average molecular weight is 296 g/mol. The van der Waals surface area contributed by atoms with Crippen molar-refractivity contribution in [2.45, 2.75) is 37.6 Å². The van der Waals surface area contributed by atoms with E-state index in [0.29, 0.717) is 16.6 Å². The van der Waals surface area contributed by atoms with Gasteiger partial charge in [0.2, 0.25) is 0 Å². The average Bonchev–Trinajstić information content (AvgIpc) is 2.68. The standard InChI is InChI=1S/C15H18F2N2S/c16-11-4-5-12(13(17)7-11)15-6-2-1-3-10(8-15)9-20-14(18)19-15/h4-5,7,10H,1-3,6,8-9H2,(H2,18,19)/t10-,15-/m0/s1. The maximum absolute atomic E-state index is 14.3. The summed E-state index contributed by atoms with van der Waals surface area (Å²) < 4.78 is 27.4. The van der Waals surface area contributed by atoms with E-state index in [1.807, 2.05) is 0 Å². The summed E-state index contributed by atoms with van der Waals surface area (Å²) in [6.07, 6.45) is 4.89. The zero-order chi connectivity index (χ0) is 14.2. The van der Waals surface area contributed by atoms with Crippen molar-refractivity contribution < 1.29 is 8.78 Å². The highest BCUT2D eigenvalue weighted by Gasteiger charge is 2.40. The normalized spacial score (nSPS) is 30.3. The summed E-state index contributed by atoms with van der Waals surface area (Å²) in [7, 11) is 0. The minimum absolute atomic E-state index is 0.497. The smallest absolute Gasteiger partial charge is 0.154 e. The van der Waals surface area contributed by atoms with Gasteiger partial charge >= 0.3 is 0 Å². The molecule has 0 unspecified atom stereocenters. The number of hydrogen-bond donors (Lipinski definition) is 1. The molecule has 1 fully saturated rings. The van der Waals surface area contributed by atoms with E-state index in [9.17, 15) is 8.78 Å². The topological polar surface area (TPSA) is 38.4 Å². The number of nitrogens with two attached hydrogens (primary N) is 1. The van der Waals surface area contributed by atoms with Crippen molar-refractivity contribution in [1.82, 2.24) is 0 Å². The zero-order valence-corrected chi connectivity index (χ0v) is 12.1. The maximum Gasteiger partial charge on any atom is 0.154 e. The van der Waals surface area contributed by atoms with Crippen LogP contribution in [0.15, 0.2) is 23.2 Å². The number of benzene rings is 1. The first-order valence-corrected chi connectivity index (χ1v) is 8.01. The number of fused-ring (bicyclic) bond motifs is 2. The number of halogens is 2.